The van der Waals surface area contributed by atoms with Crippen molar-refractivity contribution in [3.05, 3.63) is 22.8 Å². The zero-order chi connectivity index (χ0) is 12.4. The van der Waals surface area contributed by atoms with Gasteiger partial charge in [0.15, 0.2) is 0 Å². The predicted octanol–water partition coefficient (Wildman–Crippen LogP) is 5.75. The summed E-state index contributed by atoms with van der Waals surface area (Å²) in [4.78, 5) is 0. The maximum atomic E-state index is 2.36. The fourth-order valence-corrected chi connectivity index (χ4v) is 1.46. The summed E-state index contributed by atoms with van der Waals surface area (Å²) in [5, 5.41) is 0. The molecule has 0 aromatic rings. The summed E-state index contributed by atoms with van der Waals surface area (Å²) in [6.45, 7) is 17.0. The number of hydrogen-bond donors (Lipinski definition) is 0. The first-order valence-corrected chi connectivity index (χ1v) is 6.48. The summed E-state index contributed by atoms with van der Waals surface area (Å²) in [5.41, 5.74) is 4.67. The van der Waals surface area contributed by atoms with Gasteiger partial charge >= 0.3 is 0 Å². The van der Waals surface area contributed by atoms with E-state index < -0.39 is 0 Å². The first-order chi connectivity index (χ1) is 7.11. The minimum atomic E-state index is 0.734. The van der Waals surface area contributed by atoms with Crippen LogP contribution in [0.3, 0.4) is 0 Å². The molecule has 90 valence electrons. The Morgan fingerprint density at radius 3 is 1.73 bits per heavy atom. The summed E-state index contributed by atoms with van der Waals surface area (Å²) < 4.78 is 0. The molecule has 0 N–H and O–H groups in total. The minimum absolute atomic E-state index is 0.734. The molecule has 0 radical (unpaired) electrons. The number of hydrogen-bond acceptors (Lipinski definition) is 0. The topological polar surface area (TPSA) is 0 Å². The second-order valence-corrected chi connectivity index (χ2v) is 3.84. The summed E-state index contributed by atoms with van der Waals surface area (Å²) in [5.74, 6) is 0.734. The van der Waals surface area contributed by atoms with E-state index in [1.54, 1.807) is 11.1 Å². The van der Waals surface area contributed by atoms with E-state index >= 15 is 0 Å². The molecule has 1 rings (SSSR count). The van der Waals surface area contributed by atoms with Crippen molar-refractivity contribution in [2.24, 2.45) is 5.92 Å². The molecule has 0 bridgehead atoms. The standard InChI is InChI=1S/C11H18.2C2H6/c1-8(2)11-6-5-9(3)10(4)7-11;2*1-2/h7-8H,5-6H2,1-4H3;2*1-2H3. The first-order valence-electron chi connectivity index (χ1n) is 6.48. The molecule has 0 fully saturated rings. The molecule has 0 saturated heterocycles. The molecule has 0 amide bonds. The molecule has 1 aliphatic rings. The molecular weight excluding hydrogens is 180 g/mol. The Morgan fingerprint density at radius 2 is 1.40 bits per heavy atom. The molecule has 0 nitrogen and oxygen atoms in total. The average molecular weight is 210 g/mol. The maximum Gasteiger partial charge on any atom is -0.0257 e. The van der Waals surface area contributed by atoms with Crippen molar-refractivity contribution in [3.63, 3.8) is 0 Å². The second kappa shape index (κ2) is 10.0. The molecule has 0 saturated carbocycles. The van der Waals surface area contributed by atoms with Gasteiger partial charge in [-0.05, 0) is 32.6 Å². The second-order valence-electron chi connectivity index (χ2n) is 3.84. The highest BCUT2D eigenvalue weighted by molar-refractivity contribution is 5.31. The van der Waals surface area contributed by atoms with Crippen LogP contribution in [0.4, 0.5) is 0 Å². The van der Waals surface area contributed by atoms with Crippen molar-refractivity contribution in [1.29, 1.82) is 0 Å². The van der Waals surface area contributed by atoms with Crippen LogP contribution in [0, 0.1) is 5.92 Å². The van der Waals surface area contributed by atoms with Crippen molar-refractivity contribution in [1.82, 2.24) is 0 Å². The van der Waals surface area contributed by atoms with Crippen LogP contribution in [0.2, 0.25) is 0 Å². The van der Waals surface area contributed by atoms with Gasteiger partial charge in [0.2, 0.25) is 0 Å². The van der Waals surface area contributed by atoms with Gasteiger partial charge in [-0.3, -0.25) is 0 Å². The summed E-state index contributed by atoms with van der Waals surface area (Å²) >= 11 is 0. The monoisotopic (exact) mass is 210 g/mol. The smallest absolute Gasteiger partial charge is 0.0257 e. The molecule has 15 heavy (non-hydrogen) atoms. The van der Waals surface area contributed by atoms with Gasteiger partial charge in [-0.15, -0.1) is 0 Å². The first kappa shape index (κ1) is 16.9. The quantitative estimate of drug-likeness (QED) is 0.517. The Labute approximate surface area is 97.5 Å². The third-order valence-electron chi connectivity index (χ3n) is 2.61. The Morgan fingerprint density at radius 1 is 0.933 bits per heavy atom. The lowest BCUT2D eigenvalue weighted by atomic mass is 9.88. The fourth-order valence-electron chi connectivity index (χ4n) is 1.46. The lowest BCUT2D eigenvalue weighted by Crippen LogP contribution is -2.00. The normalized spacial score (nSPS) is 14.9. The predicted molar refractivity (Wildman–Crippen MR) is 73.2 cm³/mol. The highest BCUT2D eigenvalue weighted by Gasteiger charge is 2.09. The van der Waals surface area contributed by atoms with Crippen LogP contribution < -0.4 is 0 Å². The molecule has 0 spiro atoms. The van der Waals surface area contributed by atoms with Crippen LogP contribution in [-0.2, 0) is 0 Å². The zero-order valence-corrected chi connectivity index (χ0v) is 12.1. The summed E-state index contributed by atoms with van der Waals surface area (Å²) in [7, 11) is 0. The van der Waals surface area contributed by atoms with E-state index in [1.807, 2.05) is 27.7 Å². The lowest BCUT2D eigenvalue weighted by Gasteiger charge is -2.18. The van der Waals surface area contributed by atoms with Crippen LogP contribution in [0.15, 0.2) is 22.8 Å². The van der Waals surface area contributed by atoms with Crippen molar-refractivity contribution in [3.8, 4) is 0 Å². The summed E-state index contributed by atoms with van der Waals surface area (Å²) in [6, 6.07) is 0. The van der Waals surface area contributed by atoms with Gasteiger partial charge < -0.3 is 0 Å². The molecule has 0 atom stereocenters. The largest absolute Gasteiger partial charge is 0.0701 e. The number of rotatable bonds is 1. The van der Waals surface area contributed by atoms with E-state index in [0.717, 1.165) is 5.92 Å². The van der Waals surface area contributed by atoms with Gasteiger partial charge in [0, 0.05) is 0 Å². The lowest BCUT2D eigenvalue weighted by molar-refractivity contribution is 0.695. The SMILES string of the molecule is CC.CC.CC1=C(C)CCC(C(C)C)=C1. The Balaban J connectivity index is 0. The highest BCUT2D eigenvalue weighted by Crippen LogP contribution is 2.27. The van der Waals surface area contributed by atoms with Crippen LogP contribution >= 0.6 is 0 Å². The van der Waals surface area contributed by atoms with Crippen LogP contribution in [-0.4, -0.2) is 0 Å². The zero-order valence-electron chi connectivity index (χ0n) is 12.1. The van der Waals surface area contributed by atoms with Crippen molar-refractivity contribution in [2.75, 3.05) is 0 Å². The molecule has 0 heteroatoms. The van der Waals surface area contributed by atoms with Crippen LogP contribution in [0.25, 0.3) is 0 Å². The van der Waals surface area contributed by atoms with Gasteiger partial charge in [0.1, 0.15) is 0 Å². The Kier molecular flexibility index (Phi) is 11.3. The van der Waals surface area contributed by atoms with Gasteiger partial charge in [0.05, 0.1) is 0 Å². The molecule has 0 heterocycles. The maximum absolute atomic E-state index is 2.36. The van der Waals surface area contributed by atoms with Crippen molar-refractivity contribution >= 4 is 0 Å². The number of allylic oxidation sites excluding steroid dienone is 4. The Bertz CT molecular complexity index is 204. The van der Waals surface area contributed by atoms with E-state index in [2.05, 4.69) is 33.8 Å². The highest BCUT2D eigenvalue weighted by atomic mass is 14.1. The molecule has 0 unspecified atom stereocenters. The average Bonchev–Trinajstić information content (AvgIpc) is 2.27. The summed E-state index contributed by atoms with van der Waals surface area (Å²) in [6.07, 6.45) is 4.92. The third-order valence-corrected chi connectivity index (χ3v) is 2.61. The Hall–Kier alpha value is -0.520. The molecule has 0 aromatic heterocycles. The van der Waals surface area contributed by atoms with Gasteiger partial charge in [-0.1, -0.05) is 64.3 Å². The van der Waals surface area contributed by atoms with Crippen LogP contribution in [0.5, 0.6) is 0 Å². The van der Waals surface area contributed by atoms with E-state index in [1.165, 1.54) is 18.4 Å². The van der Waals surface area contributed by atoms with Crippen LogP contribution in [0.1, 0.15) is 68.2 Å². The van der Waals surface area contributed by atoms with Crippen molar-refractivity contribution < 1.29 is 0 Å². The van der Waals surface area contributed by atoms with E-state index in [4.69, 9.17) is 0 Å². The van der Waals surface area contributed by atoms with Gasteiger partial charge in [-0.2, -0.15) is 0 Å². The molecule has 1 aliphatic carbocycles. The molecule has 0 aromatic carbocycles. The van der Waals surface area contributed by atoms with Gasteiger partial charge in [-0.25, -0.2) is 0 Å². The van der Waals surface area contributed by atoms with Crippen molar-refractivity contribution in [2.45, 2.75) is 68.2 Å². The van der Waals surface area contributed by atoms with E-state index in [9.17, 15) is 0 Å². The molecule has 0 aliphatic heterocycles. The van der Waals surface area contributed by atoms with E-state index in [-0.39, 0.29) is 0 Å². The molecular formula is C15H30. The van der Waals surface area contributed by atoms with Gasteiger partial charge in [0.25, 0.3) is 0 Å². The fraction of sp³-hybridized carbons (Fsp3) is 0.733. The third kappa shape index (κ3) is 6.54. The minimum Gasteiger partial charge on any atom is -0.0701 e. The van der Waals surface area contributed by atoms with E-state index in [0.29, 0.717) is 0 Å².